The number of rotatable bonds is 1. The van der Waals surface area contributed by atoms with Crippen molar-refractivity contribution in [3.05, 3.63) is 17.0 Å². The average molecular weight is 207 g/mol. The highest BCUT2D eigenvalue weighted by Gasteiger charge is 2.30. The van der Waals surface area contributed by atoms with Gasteiger partial charge in [-0.1, -0.05) is 0 Å². The lowest BCUT2D eigenvalue weighted by Gasteiger charge is -2.30. The van der Waals surface area contributed by atoms with Crippen LogP contribution in [0.5, 0.6) is 0 Å². The Kier molecular flexibility index (Phi) is 2.29. The predicted octanol–water partition coefficient (Wildman–Crippen LogP) is 1.14. The van der Waals surface area contributed by atoms with Crippen molar-refractivity contribution in [2.24, 2.45) is 7.05 Å². The molecule has 0 radical (unpaired) electrons. The molecule has 1 aliphatic heterocycles. The first kappa shape index (κ1) is 10.2. The average Bonchev–Trinajstić information content (AvgIpc) is 2.43. The quantitative estimate of drug-likeness (QED) is 0.692. The third-order valence-corrected chi connectivity index (χ3v) is 3.03. The molecule has 0 fully saturated rings. The smallest absolute Gasteiger partial charge is 0.257 e. The molecular weight excluding hydrogens is 190 g/mol. The fourth-order valence-corrected chi connectivity index (χ4v) is 2.24. The Balaban J connectivity index is 2.46. The van der Waals surface area contributed by atoms with Gasteiger partial charge >= 0.3 is 0 Å². The van der Waals surface area contributed by atoms with Gasteiger partial charge in [0.2, 0.25) is 0 Å². The zero-order valence-corrected chi connectivity index (χ0v) is 9.74. The van der Waals surface area contributed by atoms with E-state index in [9.17, 15) is 4.79 Å². The molecule has 0 saturated heterocycles. The minimum Gasteiger partial charge on any atom is -0.336 e. The Morgan fingerprint density at radius 2 is 2.07 bits per heavy atom. The Hall–Kier alpha value is -1.32. The minimum absolute atomic E-state index is 0.136. The Morgan fingerprint density at radius 1 is 1.40 bits per heavy atom. The summed E-state index contributed by atoms with van der Waals surface area (Å²) in [6.45, 7) is 6.81. The molecule has 1 aromatic heterocycles. The molecular formula is C11H17N3O. The number of aryl methyl sites for hydroxylation is 2. The van der Waals surface area contributed by atoms with Crippen molar-refractivity contribution in [2.45, 2.75) is 33.2 Å². The summed E-state index contributed by atoms with van der Waals surface area (Å²) in [5.41, 5.74) is 2.75. The van der Waals surface area contributed by atoms with Gasteiger partial charge in [-0.05, 0) is 20.8 Å². The zero-order chi connectivity index (χ0) is 11.2. The number of carbonyl (C=O) groups is 1. The molecule has 0 saturated carbocycles. The van der Waals surface area contributed by atoms with Crippen molar-refractivity contribution >= 4 is 5.91 Å². The second-order valence-electron chi connectivity index (χ2n) is 4.37. The number of amides is 1. The summed E-state index contributed by atoms with van der Waals surface area (Å²) < 4.78 is 1.83. The summed E-state index contributed by atoms with van der Waals surface area (Å²) in [5, 5.41) is 4.31. The number of aromatic nitrogens is 2. The highest BCUT2D eigenvalue weighted by molar-refractivity contribution is 5.97. The SMILES string of the molecule is Cc1nn(C)c2c1C(=O)N(C(C)C)CC2. The lowest BCUT2D eigenvalue weighted by molar-refractivity contribution is 0.0686. The first-order valence-corrected chi connectivity index (χ1v) is 5.35. The van der Waals surface area contributed by atoms with Gasteiger partial charge in [0.05, 0.1) is 17.0 Å². The Labute approximate surface area is 89.9 Å². The van der Waals surface area contributed by atoms with Crippen molar-refractivity contribution in [2.75, 3.05) is 6.54 Å². The maximum Gasteiger partial charge on any atom is 0.257 e. The maximum absolute atomic E-state index is 12.2. The van der Waals surface area contributed by atoms with Crippen molar-refractivity contribution in [3.8, 4) is 0 Å². The molecule has 0 N–H and O–H groups in total. The highest BCUT2D eigenvalue weighted by atomic mass is 16.2. The summed E-state index contributed by atoms with van der Waals surface area (Å²) in [5.74, 6) is 0.136. The molecule has 0 aromatic carbocycles. The van der Waals surface area contributed by atoms with Gasteiger partial charge < -0.3 is 4.90 Å². The molecule has 1 amide bonds. The van der Waals surface area contributed by atoms with E-state index in [1.807, 2.05) is 23.6 Å². The first-order chi connectivity index (χ1) is 7.02. The van der Waals surface area contributed by atoms with Gasteiger partial charge in [0.25, 0.3) is 5.91 Å². The summed E-state index contributed by atoms with van der Waals surface area (Å²) in [7, 11) is 1.91. The zero-order valence-electron chi connectivity index (χ0n) is 9.74. The van der Waals surface area contributed by atoms with Crippen LogP contribution in [0.15, 0.2) is 0 Å². The Bertz CT molecular complexity index is 406. The fraction of sp³-hybridized carbons (Fsp3) is 0.636. The second-order valence-corrected chi connectivity index (χ2v) is 4.37. The van der Waals surface area contributed by atoms with Crippen LogP contribution in [0, 0.1) is 6.92 Å². The Morgan fingerprint density at radius 3 is 2.67 bits per heavy atom. The van der Waals surface area contributed by atoms with E-state index in [2.05, 4.69) is 18.9 Å². The van der Waals surface area contributed by atoms with Crippen LogP contribution in [0.2, 0.25) is 0 Å². The monoisotopic (exact) mass is 207 g/mol. The molecule has 0 unspecified atom stereocenters. The van der Waals surface area contributed by atoms with E-state index < -0.39 is 0 Å². The number of nitrogens with zero attached hydrogens (tertiary/aromatic N) is 3. The summed E-state index contributed by atoms with van der Waals surface area (Å²) >= 11 is 0. The van der Waals surface area contributed by atoms with Crippen molar-refractivity contribution in [3.63, 3.8) is 0 Å². The molecule has 0 atom stereocenters. The molecule has 82 valence electrons. The normalized spacial score (nSPS) is 16.1. The molecule has 0 bridgehead atoms. The van der Waals surface area contributed by atoms with Gasteiger partial charge in [-0.2, -0.15) is 5.10 Å². The van der Waals surface area contributed by atoms with Crippen LogP contribution in [0.1, 0.15) is 35.6 Å². The molecule has 15 heavy (non-hydrogen) atoms. The highest BCUT2D eigenvalue weighted by Crippen LogP contribution is 2.22. The minimum atomic E-state index is 0.136. The number of hydrogen-bond donors (Lipinski definition) is 0. The molecule has 1 aliphatic rings. The topological polar surface area (TPSA) is 38.1 Å². The third-order valence-electron chi connectivity index (χ3n) is 3.03. The lowest BCUT2D eigenvalue weighted by Crippen LogP contribution is -2.42. The van der Waals surface area contributed by atoms with E-state index in [0.29, 0.717) is 0 Å². The fourth-order valence-electron chi connectivity index (χ4n) is 2.24. The van der Waals surface area contributed by atoms with Crippen LogP contribution < -0.4 is 0 Å². The van der Waals surface area contributed by atoms with E-state index >= 15 is 0 Å². The second kappa shape index (κ2) is 3.36. The molecule has 4 nitrogen and oxygen atoms in total. The maximum atomic E-state index is 12.2. The van der Waals surface area contributed by atoms with Gasteiger partial charge in [0, 0.05) is 26.1 Å². The van der Waals surface area contributed by atoms with Gasteiger partial charge in [-0.15, -0.1) is 0 Å². The van der Waals surface area contributed by atoms with Crippen LogP contribution in [-0.4, -0.2) is 33.2 Å². The van der Waals surface area contributed by atoms with Crippen LogP contribution in [0.25, 0.3) is 0 Å². The van der Waals surface area contributed by atoms with Crippen molar-refractivity contribution in [1.29, 1.82) is 0 Å². The van der Waals surface area contributed by atoms with Crippen LogP contribution in [0.4, 0.5) is 0 Å². The van der Waals surface area contributed by atoms with Gasteiger partial charge in [-0.25, -0.2) is 0 Å². The van der Waals surface area contributed by atoms with E-state index in [1.54, 1.807) is 0 Å². The summed E-state index contributed by atoms with van der Waals surface area (Å²) in [6, 6.07) is 0.269. The molecule has 1 aromatic rings. The van der Waals surface area contributed by atoms with Crippen molar-refractivity contribution < 1.29 is 4.79 Å². The number of fused-ring (bicyclic) bond motifs is 1. The standard InChI is InChI=1S/C11H17N3O/c1-7(2)14-6-5-9-10(11(14)15)8(3)12-13(9)4/h7H,5-6H2,1-4H3. The van der Waals surface area contributed by atoms with Crippen LogP contribution in [0.3, 0.4) is 0 Å². The van der Waals surface area contributed by atoms with E-state index in [1.165, 1.54) is 0 Å². The third kappa shape index (κ3) is 1.44. The molecule has 2 rings (SSSR count). The van der Waals surface area contributed by atoms with E-state index in [4.69, 9.17) is 0 Å². The number of hydrogen-bond acceptors (Lipinski definition) is 2. The van der Waals surface area contributed by atoms with E-state index in [-0.39, 0.29) is 11.9 Å². The first-order valence-electron chi connectivity index (χ1n) is 5.35. The van der Waals surface area contributed by atoms with Gasteiger partial charge in [0.15, 0.2) is 0 Å². The lowest BCUT2D eigenvalue weighted by atomic mass is 10.0. The van der Waals surface area contributed by atoms with E-state index in [0.717, 1.165) is 29.9 Å². The predicted molar refractivity (Wildman–Crippen MR) is 57.8 cm³/mol. The van der Waals surface area contributed by atoms with Crippen LogP contribution in [-0.2, 0) is 13.5 Å². The largest absolute Gasteiger partial charge is 0.336 e. The number of carbonyl (C=O) groups excluding carboxylic acids is 1. The summed E-state index contributed by atoms with van der Waals surface area (Å²) in [6.07, 6.45) is 0.913. The molecule has 0 spiro atoms. The molecule has 2 heterocycles. The summed E-state index contributed by atoms with van der Waals surface area (Å²) in [4.78, 5) is 14.1. The molecule has 0 aliphatic carbocycles. The van der Waals surface area contributed by atoms with Crippen molar-refractivity contribution in [1.82, 2.24) is 14.7 Å². The van der Waals surface area contributed by atoms with Crippen LogP contribution >= 0.6 is 0 Å². The van der Waals surface area contributed by atoms with Gasteiger partial charge in [-0.3, -0.25) is 9.48 Å². The van der Waals surface area contributed by atoms with Gasteiger partial charge in [0.1, 0.15) is 0 Å². The molecule has 4 heteroatoms.